The lowest BCUT2D eigenvalue weighted by Crippen LogP contribution is -2.26. The van der Waals surface area contributed by atoms with E-state index in [1.807, 2.05) is 0 Å². The third kappa shape index (κ3) is 6.84. The largest absolute Gasteiger partial charge is 0.360 e. The van der Waals surface area contributed by atoms with Crippen LogP contribution in [0, 0.1) is 0 Å². The Kier molecular flexibility index (Phi) is 7.93. The third-order valence-corrected chi connectivity index (χ3v) is 3.74. The molecule has 1 N–H and O–H groups in total. The van der Waals surface area contributed by atoms with Gasteiger partial charge in [-0.25, -0.2) is 0 Å². The van der Waals surface area contributed by atoms with Gasteiger partial charge in [0.15, 0.2) is 0 Å². The molecule has 0 spiro atoms. The molecule has 0 atom stereocenters. The first-order valence-electron chi connectivity index (χ1n) is 7.09. The second kappa shape index (κ2) is 9.23. The zero-order chi connectivity index (χ0) is 14.1. The zero-order valence-electron chi connectivity index (χ0n) is 12.6. The summed E-state index contributed by atoms with van der Waals surface area (Å²) in [6.07, 6.45) is 2.31. The molecule has 0 aliphatic heterocycles. The Bertz CT molecular complexity index is 340. The van der Waals surface area contributed by atoms with Crippen LogP contribution in [0.5, 0.6) is 0 Å². The Balaban J connectivity index is 2.35. The molecular formula is C13H27N5S. The van der Waals surface area contributed by atoms with Gasteiger partial charge in [0.2, 0.25) is 5.13 Å². The van der Waals surface area contributed by atoms with E-state index in [0.717, 1.165) is 49.3 Å². The summed E-state index contributed by atoms with van der Waals surface area (Å²) < 4.78 is 0. The van der Waals surface area contributed by atoms with E-state index >= 15 is 0 Å². The van der Waals surface area contributed by atoms with Crippen LogP contribution in [0.25, 0.3) is 0 Å². The van der Waals surface area contributed by atoms with Gasteiger partial charge in [0.05, 0.1) is 6.54 Å². The Morgan fingerprint density at radius 2 is 1.95 bits per heavy atom. The van der Waals surface area contributed by atoms with Gasteiger partial charge in [-0.2, -0.15) is 0 Å². The molecule has 1 heterocycles. The first-order valence-corrected chi connectivity index (χ1v) is 7.90. The fourth-order valence-electron chi connectivity index (χ4n) is 1.77. The van der Waals surface area contributed by atoms with Crippen molar-refractivity contribution >= 4 is 16.5 Å². The van der Waals surface area contributed by atoms with Crippen LogP contribution in [0.15, 0.2) is 0 Å². The van der Waals surface area contributed by atoms with Crippen LogP contribution in [0.2, 0.25) is 0 Å². The van der Waals surface area contributed by atoms with Crippen molar-refractivity contribution in [1.29, 1.82) is 0 Å². The number of anilines is 1. The maximum atomic E-state index is 4.25. The maximum Gasteiger partial charge on any atom is 0.205 e. The minimum Gasteiger partial charge on any atom is -0.360 e. The number of nitrogens with zero attached hydrogens (tertiary/aromatic N) is 4. The predicted octanol–water partition coefficient (Wildman–Crippen LogP) is 2.13. The minimum absolute atomic E-state index is 0.912. The molecule has 1 rings (SSSR count). The van der Waals surface area contributed by atoms with E-state index in [-0.39, 0.29) is 0 Å². The zero-order valence-corrected chi connectivity index (χ0v) is 13.5. The molecule has 0 aromatic carbocycles. The van der Waals surface area contributed by atoms with Crippen molar-refractivity contribution in [3.05, 3.63) is 5.01 Å². The van der Waals surface area contributed by atoms with Gasteiger partial charge in [0.25, 0.3) is 0 Å². The van der Waals surface area contributed by atoms with Crippen molar-refractivity contribution in [1.82, 2.24) is 20.0 Å². The summed E-state index contributed by atoms with van der Waals surface area (Å²) in [6, 6.07) is 0. The van der Waals surface area contributed by atoms with Gasteiger partial charge < -0.3 is 10.2 Å². The molecule has 1 aromatic rings. The highest BCUT2D eigenvalue weighted by atomic mass is 32.1. The molecule has 0 saturated heterocycles. The Labute approximate surface area is 121 Å². The summed E-state index contributed by atoms with van der Waals surface area (Å²) in [5, 5.41) is 13.8. The Morgan fingerprint density at radius 1 is 1.16 bits per heavy atom. The summed E-state index contributed by atoms with van der Waals surface area (Å²) in [5.74, 6) is 0. The monoisotopic (exact) mass is 285 g/mol. The van der Waals surface area contributed by atoms with Gasteiger partial charge in [-0.3, -0.25) is 4.90 Å². The van der Waals surface area contributed by atoms with Crippen molar-refractivity contribution in [2.45, 2.75) is 33.2 Å². The predicted molar refractivity (Wildman–Crippen MR) is 82.8 cm³/mol. The van der Waals surface area contributed by atoms with E-state index in [0.29, 0.717) is 0 Å². The molecule has 0 fully saturated rings. The molecule has 5 nitrogen and oxygen atoms in total. The minimum atomic E-state index is 0.912. The molecular weight excluding hydrogens is 258 g/mol. The number of rotatable bonds is 10. The summed E-state index contributed by atoms with van der Waals surface area (Å²) >= 11 is 1.67. The normalized spacial score (nSPS) is 11.5. The molecule has 0 bridgehead atoms. The van der Waals surface area contributed by atoms with E-state index in [4.69, 9.17) is 0 Å². The van der Waals surface area contributed by atoms with Crippen molar-refractivity contribution in [2.75, 3.05) is 45.6 Å². The van der Waals surface area contributed by atoms with E-state index in [2.05, 4.69) is 53.3 Å². The van der Waals surface area contributed by atoms with Crippen molar-refractivity contribution in [2.24, 2.45) is 0 Å². The molecule has 0 saturated carbocycles. The second-order valence-corrected chi connectivity index (χ2v) is 6.02. The van der Waals surface area contributed by atoms with E-state index in [9.17, 15) is 0 Å². The molecule has 110 valence electrons. The molecule has 0 amide bonds. The van der Waals surface area contributed by atoms with Gasteiger partial charge in [0.1, 0.15) is 5.01 Å². The van der Waals surface area contributed by atoms with Crippen LogP contribution in [0.4, 0.5) is 5.13 Å². The van der Waals surface area contributed by atoms with Crippen LogP contribution in [-0.4, -0.2) is 60.3 Å². The van der Waals surface area contributed by atoms with E-state index < -0.39 is 0 Å². The van der Waals surface area contributed by atoms with Gasteiger partial charge in [-0.15, -0.1) is 10.2 Å². The SMILES string of the molecule is CCCNc1nnc(CN(CC)CCCN(C)C)s1. The summed E-state index contributed by atoms with van der Waals surface area (Å²) in [7, 11) is 4.24. The van der Waals surface area contributed by atoms with Gasteiger partial charge in [0, 0.05) is 6.54 Å². The average Bonchev–Trinajstić information content (AvgIpc) is 2.82. The van der Waals surface area contributed by atoms with E-state index in [1.165, 1.54) is 6.42 Å². The average molecular weight is 285 g/mol. The number of hydrogen-bond donors (Lipinski definition) is 1. The molecule has 0 radical (unpaired) electrons. The Hall–Kier alpha value is -0.720. The number of nitrogens with one attached hydrogen (secondary N) is 1. The molecule has 1 aromatic heterocycles. The Morgan fingerprint density at radius 3 is 2.58 bits per heavy atom. The molecule has 19 heavy (non-hydrogen) atoms. The van der Waals surface area contributed by atoms with Crippen LogP contribution < -0.4 is 5.32 Å². The summed E-state index contributed by atoms with van der Waals surface area (Å²) in [5.41, 5.74) is 0. The van der Waals surface area contributed by atoms with Crippen molar-refractivity contribution in [3.63, 3.8) is 0 Å². The van der Waals surface area contributed by atoms with Crippen LogP contribution in [0.1, 0.15) is 31.7 Å². The molecule has 0 aliphatic carbocycles. The quantitative estimate of drug-likeness (QED) is 0.713. The lowest BCUT2D eigenvalue weighted by molar-refractivity contribution is 0.258. The van der Waals surface area contributed by atoms with Crippen molar-refractivity contribution in [3.8, 4) is 0 Å². The maximum absolute atomic E-state index is 4.25. The summed E-state index contributed by atoms with van der Waals surface area (Å²) in [6.45, 7) is 9.54. The van der Waals surface area contributed by atoms with Crippen LogP contribution in [-0.2, 0) is 6.54 Å². The van der Waals surface area contributed by atoms with Gasteiger partial charge >= 0.3 is 0 Å². The molecule has 6 heteroatoms. The molecule has 0 unspecified atom stereocenters. The highest BCUT2D eigenvalue weighted by molar-refractivity contribution is 7.15. The second-order valence-electron chi connectivity index (χ2n) is 4.95. The van der Waals surface area contributed by atoms with Crippen LogP contribution in [0.3, 0.4) is 0 Å². The lowest BCUT2D eigenvalue weighted by Gasteiger charge is -2.19. The van der Waals surface area contributed by atoms with Crippen molar-refractivity contribution < 1.29 is 0 Å². The first kappa shape index (κ1) is 16.3. The standard InChI is InChI=1S/C13H27N5S/c1-5-8-14-13-16-15-12(19-13)11-18(6-2)10-7-9-17(3)4/h5-11H2,1-4H3,(H,14,16). The molecule has 0 aliphatic rings. The summed E-state index contributed by atoms with van der Waals surface area (Å²) in [4.78, 5) is 4.65. The number of aromatic nitrogens is 2. The first-order chi connectivity index (χ1) is 9.15. The smallest absolute Gasteiger partial charge is 0.205 e. The van der Waals surface area contributed by atoms with Gasteiger partial charge in [-0.05, 0) is 46.6 Å². The fourth-order valence-corrected chi connectivity index (χ4v) is 2.58. The highest BCUT2D eigenvalue weighted by Gasteiger charge is 2.08. The van der Waals surface area contributed by atoms with Gasteiger partial charge in [-0.1, -0.05) is 25.2 Å². The highest BCUT2D eigenvalue weighted by Crippen LogP contribution is 2.16. The van der Waals surface area contributed by atoms with E-state index in [1.54, 1.807) is 11.3 Å². The lowest BCUT2D eigenvalue weighted by atomic mass is 10.3. The topological polar surface area (TPSA) is 44.3 Å². The van der Waals surface area contributed by atoms with Crippen LogP contribution >= 0.6 is 11.3 Å². The number of hydrogen-bond acceptors (Lipinski definition) is 6. The third-order valence-electron chi connectivity index (χ3n) is 2.88. The fraction of sp³-hybridized carbons (Fsp3) is 0.846.